The number of nitrogens with zero attached hydrogens (tertiary/aromatic N) is 3. The molecular weight excluding hydrogens is 320 g/mol. The van der Waals surface area contributed by atoms with Gasteiger partial charge in [0.05, 0.1) is 6.42 Å². The number of carbonyl (C=O) groups excluding carboxylic acids is 3. The molecule has 0 bridgehead atoms. The minimum absolute atomic E-state index is 0.0399. The number of likely N-dealkylation sites (N-methyl/N-ethyl adjacent to an activating group) is 2. The molecule has 134 valence electrons. The van der Waals surface area contributed by atoms with Crippen LogP contribution in [0.4, 0.5) is 10.5 Å². The van der Waals surface area contributed by atoms with Crippen LogP contribution in [0.15, 0.2) is 24.3 Å². The maximum Gasteiger partial charge on any atom is 0.326 e. The minimum Gasteiger partial charge on any atom is -0.326 e. The van der Waals surface area contributed by atoms with Gasteiger partial charge >= 0.3 is 6.03 Å². The zero-order valence-electron chi connectivity index (χ0n) is 14.7. The molecule has 1 aromatic carbocycles. The van der Waals surface area contributed by atoms with E-state index in [9.17, 15) is 14.4 Å². The van der Waals surface area contributed by atoms with Crippen molar-refractivity contribution >= 4 is 23.5 Å². The van der Waals surface area contributed by atoms with Crippen molar-refractivity contribution < 1.29 is 14.4 Å². The zero-order chi connectivity index (χ0) is 18.0. The number of imide groups is 1. The van der Waals surface area contributed by atoms with Gasteiger partial charge in [-0.05, 0) is 43.6 Å². The molecule has 0 radical (unpaired) electrons. The summed E-state index contributed by atoms with van der Waals surface area (Å²) in [4.78, 5) is 40.9. The smallest absolute Gasteiger partial charge is 0.326 e. The predicted molar refractivity (Wildman–Crippen MR) is 93.9 cm³/mol. The van der Waals surface area contributed by atoms with Crippen LogP contribution in [0.3, 0.4) is 0 Å². The molecule has 25 heavy (non-hydrogen) atoms. The summed E-state index contributed by atoms with van der Waals surface area (Å²) in [6, 6.07) is 6.66. The van der Waals surface area contributed by atoms with Crippen LogP contribution in [0.2, 0.25) is 0 Å². The van der Waals surface area contributed by atoms with E-state index in [2.05, 4.69) is 16.3 Å². The lowest BCUT2D eigenvalue weighted by Crippen LogP contribution is -2.35. The molecule has 1 N–H and O–H groups in total. The van der Waals surface area contributed by atoms with E-state index >= 15 is 0 Å². The number of likely N-dealkylation sites (tertiary alicyclic amines) is 1. The Balaban J connectivity index is 1.59. The summed E-state index contributed by atoms with van der Waals surface area (Å²) in [6.07, 6.45) is 2.45. The van der Waals surface area contributed by atoms with Crippen molar-refractivity contribution in [3.63, 3.8) is 0 Å². The molecule has 2 aliphatic heterocycles. The lowest BCUT2D eigenvalue weighted by molar-refractivity contribution is -0.129. The highest BCUT2D eigenvalue weighted by molar-refractivity contribution is 6.06. The molecule has 2 saturated heterocycles. The van der Waals surface area contributed by atoms with Gasteiger partial charge in [-0.3, -0.25) is 19.4 Å². The normalized spacial score (nSPS) is 21.3. The molecule has 1 unspecified atom stereocenters. The molecule has 3 rings (SSSR count). The fourth-order valence-electron chi connectivity index (χ4n) is 3.41. The molecule has 7 heteroatoms. The lowest BCUT2D eigenvalue weighted by atomic mass is 10.1. The minimum atomic E-state index is -0.731. The second-order valence-electron chi connectivity index (χ2n) is 6.74. The van der Waals surface area contributed by atoms with Crippen LogP contribution in [0.5, 0.6) is 0 Å². The van der Waals surface area contributed by atoms with Crippen molar-refractivity contribution in [2.75, 3.05) is 32.5 Å². The van der Waals surface area contributed by atoms with Crippen LogP contribution in [0.1, 0.15) is 24.8 Å². The number of carbonyl (C=O) groups is 3. The third kappa shape index (κ3) is 3.82. The zero-order valence-corrected chi connectivity index (χ0v) is 14.7. The standard InChI is InChI=1S/C18H24N4O3/c1-20-15(17(24)21(2)18(20)25)11-16(23)19-14-7-5-6-13(10-14)12-22-8-3-4-9-22/h5-7,10,15H,3-4,8-9,11-12H2,1-2H3,(H,19,23). The maximum atomic E-state index is 12.3. The average Bonchev–Trinajstić information content (AvgIpc) is 3.15. The number of benzene rings is 1. The predicted octanol–water partition coefficient (Wildman–Crippen LogP) is 1.50. The Bertz CT molecular complexity index is 685. The van der Waals surface area contributed by atoms with E-state index in [1.807, 2.05) is 18.2 Å². The summed E-state index contributed by atoms with van der Waals surface area (Å²) in [7, 11) is 2.97. The Kier molecular flexibility index (Phi) is 5.03. The molecule has 1 aromatic rings. The second-order valence-corrected chi connectivity index (χ2v) is 6.74. The first kappa shape index (κ1) is 17.4. The fourth-order valence-corrected chi connectivity index (χ4v) is 3.41. The van der Waals surface area contributed by atoms with E-state index < -0.39 is 6.04 Å². The third-order valence-electron chi connectivity index (χ3n) is 4.87. The van der Waals surface area contributed by atoms with Gasteiger partial charge in [-0.2, -0.15) is 0 Å². The summed E-state index contributed by atoms with van der Waals surface area (Å²) in [5.74, 6) is -0.614. The van der Waals surface area contributed by atoms with Gasteiger partial charge in [0.25, 0.3) is 5.91 Å². The van der Waals surface area contributed by atoms with Crippen LogP contribution in [0, 0.1) is 0 Å². The molecule has 7 nitrogen and oxygen atoms in total. The Hall–Kier alpha value is -2.41. The summed E-state index contributed by atoms with van der Waals surface area (Å²) >= 11 is 0. The van der Waals surface area contributed by atoms with Gasteiger partial charge < -0.3 is 10.2 Å². The van der Waals surface area contributed by atoms with Gasteiger partial charge in [-0.1, -0.05) is 12.1 Å². The van der Waals surface area contributed by atoms with Gasteiger partial charge in [0.2, 0.25) is 5.91 Å². The Labute approximate surface area is 147 Å². The number of nitrogens with one attached hydrogen (secondary N) is 1. The molecule has 0 spiro atoms. The van der Waals surface area contributed by atoms with Crippen LogP contribution in [-0.4, -0.2) is 65.8 Å². The summed E-state index contributed by atoms with van der Waals surface area (Å²) in [5.41, 5.74) is 1.87. The van der Waals surface area contributed by atoms with Crippen molar-refractivity contribution in [1.82, 2.24) is 14.7 Å². The van der Waals surface area contributed by atoms with Crippen LogP contribution < -0.4 is 5.32 Å². The SMILES string of the molecule is CN1C(=O)C(CC(=O)Nc2cccc(CN3CCCC3)c2)N(C)C1=O. The molecule has 1 atom stereocenters. The first-order valence-electron chi connectivity index (χ1n) is 8.61. The van der Waals surface area contributed by atoms with Crippen molar-refractivity contribution in [3.05, 3.63) is 29.8 Å². The summed E-state index contributed by atoms with van der Waals surface area (Å²) < 4.78 is 0. The summed E-state index contributed by atoms with van der Waals surface area (Å²) in [6.45, 7) is 3.12. The fraction of sp³-hybridized carbons (Fsp3) is 0.500. The van der Waals surface area contributed by atoms with E-state index in [1.165, 1.54) is 24.8 Å². The van der Waals surface area contributed by atoms with Crippen molar-refractivity contribution in [2.45, 2.75) is 31.8 Å². The summed E-state index contributed by atoms with van der Waals surface area (Å²) in [5, 5.41) is 2.84. The molecule has 2 heterocycles. The van der Waals surface area contributed by atoms with Gasteiger partial charge in [0, 0.05) is 26.3 Å². The van der Waals surface area contributed by atoms with E-state index in [-0.39, 0.29) is 24.3 Å². The van der Waals surface area contributed by atoms with E-state index in [0.29, 0.717) is 0 Å². The highest BCUT2D eigenvalue weighted by Gasteiger charge is 2.41. The largest absolute Gasteiger partial charge is 0.326 e. The van der Waals surface area contributed by atoms with Gasteiger partial charge in [-0.25, -0.2) is 4.79 Å². The quantitative estimate of drug-likeness (QED) is 0.822. The third-order valence-corrected chi connectivity index (χ3v) is 4.87. The molecule has 2 aliphatic rings. The van der Waals surface area contributed by atoms with Gasteiger partial charge in [-0.15, -0.1) is 0 Å². The lowest BCUT2D eigenvalue weighted by Gasteiger charge is -2.17. The number of rotatable bonds is 5. The van der Waals surface area contributed by atoms with Crippen LogP contribution in [0.25, 0.3) is 0 Å². The van der Waals surface area contributed by atoms with Gasteiger partial charge in [0.15, 0.2) is 0 Å². The molecule has 0 aromatic heterocycles. The van der Waals surface area contributed by atoms with Crippen molar-refractivity contribution in [3.8, 4) is 0 Å². The molecule has 2 fully saturated rings. The molecule has 0 aliphatic carbocycles. The van der Waals surface area contributed by atoms with Crippen LogP contribution >= 0.6 is 0 Å². The highest BCUT2D eigenvalue weighted by atomic mass is 16.2. The van der Waals surface area contributed by atoms with E-state index in [1.54, 1.807) is 7.05 Å². The van der Waals surface area contributed by atoms with Crippen LogP contribution in [-0.2, 0) is 16.1 Å². The van der Waals surface area contributed by atoms with E-state index in [4.69, 9.17) is 0 Å². The number of urea groups is 1. The Morgan fingerprint density at radius 3 is 2.56 bits per heavy atom. The first-order chi connectivity index (χ1) is 12.0. The van der Waals surface area contributed by atoms with E-state index in [0.717, 1.165) is 35.8 Å². The number of hydrogen-bond donors (Lipinski definition) is 1. The molecular formula is C18H24N4O3. The van der Waals surface area contributed by atoms with Gasteiger partial charge in [0.1, 0.15) is 6.04 Å². The first-order valence-corrected chi connectivity index (χ1v) is 8.61. The average molecular weight is 344 g/mol. The monoisotopic (exact) mass is 344 g/mol. The highest BCUT2D eigenvalue weighted by Crippen LogP contribution is 2.19. The molecule has 4 amide bonds. The number of amides is 4. The maximum absolute atomic E-state index is 12.3. The topological polar surface area (TPSA) is 73.0 Å². The second kappa shape index (κ2) is 7.23. The van der Waals surface area contributed by atoms with Crippen molar-refractivity contribution in [1.29, 1.82) is 0 Å². The van der Waals surface area contributed by atoms with Crippen molar-refractivity contribution in [2.24, 2.45) is 0 Å². The number of hydrogen-bond acceptors (Lipinski definition) is 4. The molecule has 0 saturated carbocycles. The number of anilines is 1. The Morgan fingerprint density at radius 1 is 1.20 bits per heavy atom. The Morgan fingerprint density at radius 2 is 1.92 bits per heavy atom.